The Bertz CT molecular complexity index is 488. The molecule has 1 fully saturated rings. The number of Topliss-reactive ketones (excluding diaryl/α,β-unsaturated/α-hetero) is 1. The van der Waals surface area contributed by atoms with E-state index in [0.29, 0.717) is 21.4 Å². The van der Waals surface area contributed by atoms with Crippen LogP contribution in [0.5, 0.6) is 0 Å². The molecule has 1 aliphatic heterocycles. The zero-order chi connectivity index (χ0) is 11.9. The van der Waals surface area contributed by atoms with E-state index in [9.17, 15) is 9.59 Å². The molecule has 4 nitrogen and oxygen atoms in total. The number of halogens is 2. The van der Waals surface area contributed by atoms with Gasteiger partial charge in [-0.3, -0.25) is 14.5 Å². The van der Waals surface area contributed by atoms with Crippen molar-refractivity contribution in [3.8, 4) is 0 Å². The van der Waals surface area contributed by atoms with E-state index < -0.39 is 0 Å². The second kappa shape index (κ2) is 4.03. The third-order valence-corrected chi connectivity index (χ3v) is 3.26. The SMILES string of the molecule is Cc1c(Cl)cnc(N2CC(=O)CC2=O)c1Cl. The topological polar surface area (TPSA) is 50.3 Å². The van der Waals surface area contributed by atoms with E-state index >= 15 is 0 Å². The summed E-state index contributed by atoms with van der Waals surface area (Å²) in [5.41, 5.74) is 0.653. The van der Waals surface area contributed by atoms with Gasteiger partial charge in [-0.1, -0.05) is 23.2 Å². The minimum absolute atomic E-state index is 0.0344. The Balaban J connectivity index is 2.45. The maximum atomic E-state index is 11.5. The van der Waals surface area contributed by atoms with Gasteiger partial charge in [0.05, 0.1) is 23.0 Å². The van der Waals surface area contributed by atoms with Gasteiger partial charge in [-0.05, 0) is 12.5 Å². The molecule has 16 heavy (non-hydrogen) atoms. The number of ketones is 1. The second-order valence-electron chi connectivity index (χ2n) is 3.56. The summed E-state index contributed by atoms with van der Waals surface area (Å²) in [5.74, 6) is -0.101. The first-order valence-electron chi connectivity index (χ1n) is 4.63. The molecule has 84 valence electrons. The summed E-state index contributed by atoms with van der Waals surface area (Å²) in [4.78, 5) is 27.9. The molecule has 0 bridgehead atoms. The van der Waals surface area contributed by atoms with Crippen molar-refractivity contribution in [2.75, 3.05) is 11.4 Å². The monoisotopic (exact) mass is 258 g/mol. The molecule has 1 aromatic rings. The number of anilines is 1. The van der Waals surface area contributed by atoms with Crippen molar-refractivity contribution < 1.29 is 9.59 Å². The Labute approximate surface area is 102 Å². The number of rotatable bonds is 1. The van der Waals surface area contributed by atoms with Gasteiger partial charge >= 0.3 is 0 Å². The normalized spacial score (nSPS) is 16.1. The molecule has 0 atom stereocenters. The van der Waals surface area contributed by atoms with Crippen LogP contribution in [0.4, 0.5) is 5.82 Å². The van der Waals surface area contributed by atoms with Crippen molar-refractivity contribution in [3.63, 3.8) is 0 Å². The van der Waals surface area contributed by atoms with Crippen LogP contribution in [-0.2, 0) is 9.59 Å². The fourth-order valence-corrected chi connectivity index (χ4v) is 1.95. The Hall–Kier alpha value is -1.13. The minimum atomic E-state index is -0.277. The number of nitrogens with zero attached hydrogens (tertiary/aromatic N) is 2. The summed E-state index contributed by atoms with van der Waals surface area (Å²) in [6.07, 6.45) is 1.34. The summed E-state index contributed by atoms with van der Waals surface area (Å²) in [6, 6.07) is 0. The molecular formula is C10H8Cl2N2O2. The number of aromatic nitrogens is 1. The molecule has 2 heterocycles. The molecule has 1 amide bonds. The van der Waals surface area contributed by atoms with Crippen molar-refractivity contribution in [2.24, 2.45) is 0 Å². The maximum absolute atomic E-state index is 11.5. The predicted molar refractivity (Wildman–Crippen MR) is 61.0 cm³/mol. The molecule has 0 spiro atoms. The highest BCUT2D eigenvalue weighted by molar-refractivity contribution is 6.38. The van der Waals surface area contributed by atoms with Crippen molar-refractivity contribution in [3.05, 3.63) is 21.8 Å². The molecule has 0 unspecified atom stereocenters. The zero-order valence-electron chi connectivity index (χ0n) is 8.46. The molecule has 1 aromatic heterocycles. The fraction of sp³-hybridized carbons (Fsp3) is 0.300. The first-order valence-corrected chi connectivity index (χ1v) is 5.39. The Morgan fingerprint density at radius 2 is 2.06 bits per heavy atom. The predicted octanol–water partition coefficient (Wildman–Crippen LogP) is 2.00. The zero-order valence-corrected chi connectivity index (χ0v) is 9.97. The number of pyridine rings is 1. The Kier molecular flexibility index (Phi) is 2.86. The van der Waals surface area contributed by atoms with Gasteiger partial charge in [0.2, 0.25) is 5.91 Å². The van der Waals surface area contributed by atoms with E-state index in [2.05, 4.69) is 4.98 Å². The van der Waals surface area contributed by atoms with Gasteiger partial charge in [0, 0.05) is 6.20 Å². The average Bonchev–Trinajstić information content (AvgIpc) is 2.55. The molecule has 1 saturated heterocycles. The Morgan fingerprint density at radius 3 is 2.62 bits per heavy atom. The quantitative estimate of drug-likeness (QED) is 0.725. The molecule has 0 radical (unpaired) electrons. The summed E-state index contributed by atoms with van der Waals surface area (Å²) in [7, 11) is 0. The third-order valence-electron chi connectivity index (χ3n) is 2.42. The summed E-state index contributed by atoms with van der Waals surface area (Å²) in [6.45, 7) is 1.77. The third kappa shape index (κ3) is 1.79. The standard InChI is InChI=1S/C10H8Cl2N2O2/c1-5-7(11)3-13-10(9(5)12)14-4-6(15)2-8(14)16/h3H,2,4H2,1H3. The van der Waals surface area contributed by atoms with E-state index in [1.165, 1.54) is 11.1 Å². The molecule has 0 saturated carbocycles. The second-order valence-corrected chi connectivity index (χ2v) is 4.35. The van der Waals surface area contributed by atoms with Crippen LogP contribution in [-0.4, -0.2) is 23.2 Å². The Morgan fingerprint density at radius 1 is 1.38 bits per heavy atom. The first kappa shape index (κ1) is 11.4. The van der Waals surface area contributed by atoms with Gasteiger partial charge in [-0.25, -0.2) is 4.98 Å². The molecular weight excluding hydrogens is 251 g/mol. The molecule has 2 rings (SSSR count). The number of hydrogen-bond donors (Lipinski definition) is 0. The average molecular weight is 259 g/mol. The van der Waals surface area contributed by atoms with Crippen molar-refractivity contribution in [2.45, 2.75) is 13.3 Å². The maximum Gasteiger partial charge on any atom is 0.236 e. The summed E-state index contributed by atoms with van der Waals surface area (Å²) >= 11 is 11.9. The lowest BCUT2D eigenvalue weighted by Gasteiger charge is -2.16. The van der Waals surface area contributed by atoms with E-state index in [4.69, 9.17) is 23.2 Å². The summed E-state index contributed by atoms with van der Waals surface area (Å²) < 4.78 is 0. The highest BCUT2D eigenvalue weighted by Gasteiger charge is 2.31. The van der Waals surface area contributed by atoms with Crippen LogP contribution in [0.1, 0.15) is 12.0 Å². The van der Waals surface area contributed by atoms with E-state index in [0.717, 1.165) is 0 Å². The number of hydrogen-bond acceptors (Lipinski definition) is 3. The van der Waals surface area contributed by atoms with E-state index in [1.807, 2.05) is 0 Å². The van der Waals surface area contributed by atoms with Crippen molar-refractivity contribution >= 4 is 40.7 Å². The van der Waals surface area contributed by atoms with Crippen LogP contribution in [0, 0.1) is 6.92 Å². The first-order chi connectivity index (χ1) is 7.50. The number of carbonyl (C=O) groups excluding carboxylic acids is 2. The van der Waals surface area contributed by atoms with Crippen LogP contribution in [0.3, 0.4) is 0 Å². The lowest BCUT2D eigenvalue weighted by molar-refractivity contribution is -0.121. The number of amides is 1. The van der Waals surface area contributed by atoms with E-state index in [-0.39, 0.29) is 24.7 Å². The van der Waals surface area contributed by atoms with Crippen molar-refractivity contribution in [1.82, 2.24) is 4.98 Å². The van der Waals surface area contributed by atoms with Gasteiger partial charge in [0.25, 0.3) is 0 Å². The minimum Gasteiger partial charge on any atom is -0.297 e. The van der Waals surface area contributed by atoms with Crippen LogP contribution in [0.15, 0.2) is 6.20 Å². The van der Waals surface area contributed by atoms with Gasteiger partial charge in [-0.2, -0.15) is 0 Å². The van der Waals surface area contributed by atoms with Crippen LogP contribution >= 0.6 is 23.2 Å². The highest BCUT2D eigenvalue weighted by Crippen LogP contribution is 2.32. The smallest absolute Gasteiger partial charge is 0.236 e. The van der Waals surface area contributed by atoms with Crippen LogP contribution in [0.2, 0.25) is 10.0 Å². The lowest BCUT2D eigenvalue weighted by atomic mass is 10.3. The lowest BCUT2D eigenvalue weighted by Crippen LogP contribution is -2.26. The van der Waals surface area contributed by atoms with E-state index in [1.54, 1.807) is 6.92 Å². The van der Waals surface area contributed by atoms with Gasteiger partial charge < -0.3 is 0 Å². The molecule has 6 heteroatoms. The molecule has 1 aliphatic rings. The largest absolute Gasteiger partial charge is 0.297 e. The van der Waals surface area contributed by atoms with Gasteiger partial charge in [0.1, 0.15) is 0 Å². The highest BCUT2D eigenvalue weighted by atomic mass is 35.5. The van der Waals surface area contributed by atoms with Gasteiger partial charge in [-0.15, -0.1) is 0 Å². The fourth-order valence-electron chi connectivity index (χ4n) is 1.51. The van der Waals surface area contributed by atoms with Gasteiger partial charge in [0.15, 0.2) is 11.6 Å². The number of carbonyl (C=O) groups is 2. The van der Waals surface area contributed by atoms with Crippen LogP contribution in [0.25, 0.3) is 0 Å². The molecule has 0 N–H and O–H groups in total. The summed E-state index contributed by atoms with van der Waals surface area (Å²) in [5, 5.41) is 0.752. The molecule has 0 aromatic carbocycles. The molecule has 0 aliphatic carbocycles. The van der Waals surface area contributed by atoms with Crippen molar-refractivity contribution in [1.29, 1.82) is 0 Å². The van der Waals surface area contributed by atoms with Crippen LogP contribution < -0.4 is 4.90 Å².